The van der Waals surface area contributed by atoms with Gasteiger partial charge in [0.25, 0.3) is 5.91 Å². The minimum atomic E-state index is -0.801. The summed E-state index contributed by atoms with van der Waals surface area (Å²) in [7, 11) is 0. The highest BCUT2D eigenvalue weighted by molar-refractivity contribution is 5.92. The lowest BCUT2D eigenvalue weighted by Gasteiger charge is -2.56. The van der Waals surface area contributed by atoms with E-state index < -0.39 is 12.0 Å². The van der Waals surface area contributed by atoms with Gasteiger partial charge in [0.15, 0.2) is 6.61 Å². The first-order chi connectivity index (χ1) is 16.8. The molecule has 4 aliphatic carbocycles. The zero-order chi connectivity index (χ0) is 24.6. The first kappa shape index (κ1) is 23.8. The second-order valence-corrected chi connectivity index (χ2v) is 11.5. The predicted molar refractivity (Wildman–Crippen MR) is 134 cm³/mol. The average Bonchev–Trinajstić information content (AvgIpc) is 2.80. The summed E-state index contributed by atoms with van der Waals surface area (Å²) in [5.41, 5.74) is 0.800. The van der Waals surface area contributed by atoms with E-state index in [1.165, 1.54) is 19.3 Å². The molecule has 186 valence electrons. The van der Waals surface area contributed by atoms with Crippen LogP contribution >= 0.6 is 0 Å². The van der Waals surface area contributed by atoms with Gasteiger partial charge in [-0.25, -0.2) is 4.79 Å². The van der Waals surface area contributed by atoms with Gasteiger partial charge in [0.2, 0.25) is 5.91 Å². The Labute approximate surface area is 207 Å². The highest BCUT2D eigenvalue weighted by Gasteiger charge is 2.51. The molecule has 4 fully saturated rings. The van der Waals surface area contributed by atoms with Crippen LogP contribution in [0.1, 0.15) is 57.9 Å². The molecule has 0 aromatic heterocycles. The normalized spacial score (nSPS) is 27.6. The number of nitrogens with one attached hydrogen (secondary N) is 2. The molecule has 4 bridgehead atoms. The van der Waals surface area contributed by atoms with Gasteiger partial charge in [-0.1, -0.05) is 56.3 Å². The number of amides is 2. The van der Waals surface area contributed by atoms with E-state index in [1.807, 2.05) is 56.3 Å². The summed E-state index contributed by atoms with van der Waals surface area (Å²) in [5.74, 6) is 0.987. The van der Waals surface area contributed by atoms with Crippen molar-refractivity contribution < 1.29 is 19.1 Å². The third-order valence-corrected chi connectivity index (χ3v) is 8.26. The Bertz CT molecular complexity index is 1080. The maximum atomic E-state index is 12.8. The van der Waals surface area contributed by atoms with Crippen molar-refractivity contribution >= 4 is 28.6 Å². The van der Waals surface area contributed by atoms with E-state index in [0.29, 0.717) is 0 Å². The zero-order valence-electron chi connectivity index (χ0n) is 20.7. The number of ether oxygens (including phenoxy) is 1. The molecule has 35 heavy (non-hydrogen) atoms. The minimum Gasteiger partial charge on any atom is -0.454 e. The van der Waals surface area contributed by atoms with Gasteiger partial charge in [0.1, 0.15) is 6.04 Å². The molecule has 0 saturated heterocycles. The van der Waals surface area contributed by atoms with Crippen molar-refractivity contribution in [1.82, 2.24) is 10.6 Å². The van der Waals surface area contributed by atoms with Crippen LogP contribution in [0.3, 0.4) is 0 Å². The molecule has 0 unspecified atom stereocenters. The van der Waals surface area contributed by atoms with E-state index in [-0.39, 0.29) is 36.3 Å². The number of carbonyl (C=O) groups is 3. The number of hydrogen-bond donors (Lipinski definition) is 2. The quantitative estimate of drug-likeness (QED) is 0.561. The topological polar surface area (TPSA) is 84.5 Å². The van der Waals surface area contributed by atoms with Crippen LogP contribution < -0.4 is 10.6 Å². The molecule has 6 rings (SSSR count). The van der Waals surface area contributed by atoms with E-state index in [4.69, 9.17) is 4.74 Å². The lowest BCUT2D eigenvalue weighted by Crippen LogP contribution is -2.60. The van der Waals surface area contributed by atoms with Crippen LogP contribution in [0.25, 0.3) is 10.8 Å². The molecule has 0 radical (unpaired) electrons. The molecule has 0 heterocycles. The molecule has 6 nitrogen and oxygen atoms in total. The second-order valence-electron chi connectivity index (χ2n) is 11.5. The third kappa shape index (κ3) is 5.21. The Morgan fingerprint density at radius 1 is 0.914 bits per heavy atom. The van der Waals surface area contributed by atoms with Gasteiger partial charge >= 0.3 is 5.97 Å². The van der Waals surface area contributed by atoms with Crippen LogP contribution in [0.2, 0.25) is 0 Å². The van der Waals surface area contributed by atoms with Crippen molar-refractivity contribution in [3.05, 3.63) is 48.0 Å². The largest absolute Gasteiger partial charge is 0.454 e. The first-order valence-electron chi connectivity index (χ1n) is 13.0. The minimum absolute atomic E-state index is 0.109. The second kappa shape index (κ2) is 9.63. The number of benzene rings is 2. The van der Waals surface area contributed by atoms with Crippen molar-refractivity contribution in [2.24, 2.45) is 23.7 Å². The Hall–Kier alpha value is -2.89. The lowest BCUT2D eigenvalue weighted by molar-refractivity contribution is -0.154. The number of fused-ring (bicyclic) bond motifs is 1. The summed E-state index contributed by atoms with van der Waals surface area (Å²) in [6.07, 6.45) is 7.24. The Morgan fingerprint density at radius 3 is 2.20 bits per heavy atom. The molecule has 6 heteroatoms. The molecular weight excluding hydrogens is 440 g/mol. The van der Waals surface area contributed by atoms with E-state index in [2.05, 4.69) is 10.6 Å². The van der Waals surface area contributed by atoms with Crippen molar-refractivity contribution in [3.8, 4) is 0 Å². The highest BCUT2D eigenvalue weighted by atomic mass is 16.5. The Balaban J connectivity index is 1.15. The molecule has 0 aliphatic heterocycles. The molecule has 4 aliphatic rings. The molecule has 4 saturated carbocycles. The van der Waals surface area contributed by atoms with Gasteiger partial charge in [-0.05, 0) is 78.5 Å². The fourth-order valence-electron chi connectivity index (χ4n) is 7.16. The number of hydrogen-bond acceptors (Lipinski definition) is 4. The van der Waals surface area contributed by atoms with Crippen LogP contribution in [0.15, 0.2) is 42.5 Å². The van der Waals surface area contributed by atoms with Gasteiger partial charge in [-0.3, -0.25) is 9.59 Å². The van der Waals surface area contributed by atoms with Crippen LogP contribution in [0.4, 0.5) is 0 Å². The smallest absolute Gasteiger partial charge is 0.329 e. The molecule has 0 spiro atoms. The van der Waals surface area contributed by atoms with Gasteiger partial charge in [-0.15, -0.1) is 0 Å². The molecule has 2 N–H and O–H groups in total. The van der Waals surface area contributed by atoms with Gasteiger partial charge < -0.3 is 15.4 Å². The number of rotatable bonds is 8. The molecule has 1 atom stereocenters. The Morgan fingerprint density at radius 2 is 1.54 bits per heavy atom. The molecule has 2 amide bonds. The lowest BCUT2D eigenvalue weighted by atomic mass is 9.53. The van der Waals surface area contributed by atoms with E-state index in [1.54, 1.807) is 0 Å². The summed E-state index contributed by atoms with van der Waals surface area (Å²) in [5, 5.41) is 8.16. The molecular formula is C29H36N2O4. The van der Waals surface area contributed by atoms with Crippen molar-refractivity contribution in [3.63, 3.8) is 0 Å². The van der Waals surface area contributed by atoms with Gasteiger partial charge in [-0.2, -0.15) is 0 Å². The van der Waals surface area contributed by atoms with Crippen LogP contribution in [0, 0.1) is 23.7 Å². The summed E-state index contributed by atoms with van der Waals surface area (Å²) in [6, 6.07) is 13.0. The molecule has 2 aromatic carbocycles. The fourth-order valence-corrected chi connectivity index (χ4v) is 7.16. The van der Waals surface area contributed by atoms with E-state index >= 15 is 0 Å². The molecule has 2 aromatic rings. The average molecular weight is 477 g/mol. The van der Waals surface area contributed by atoms with Gasteiger partial charge in [0, 0.05) is 5.54 Å². The van der Waals surface area contributed by atoms with Crippen molar-refractivity contribution in [2.75, 3.05) is 6.61 Å². The number of esters is 1. The maximum absolute atomic E-state index is 12.8. The van der Waals surface area contributed by atoms with Crippen molar-refractivity contribution in [1.29, 1.82) is 0 Å². The fraction of sp³-hybridized carbons (Fsp3) is 0.552. The van der Waals surface area contributed by atoms with E-state index in [0.717, 1.165) is 53.4 Å². The van der Waals surface area contributed by atoms with Gasteiger partial charge in [0.05, 0.1) is 6.42 Å². The summed E-state index contributed by atoms with van der Waals surface area (Å²) in [6.45, 7) is 3.42. The van der Waals surface area contributed by atoms with Crippen LogP contribution in [-0.2, 0) is 25.5 Å². The van der Waals surface area contributed by atoms with Crippen LogP contribution in [0.5, 0.6) is 0 Å². The van der Waals surface area contributed by atoms with E-state index in [9.17, 15) is 14.4 Å². The predicted octanol–water partition coefficient (Wildman–Crippen LogP) is 4.15. The SMILES string of the molecule is CC(C)[C@@H](NC(=O)Cc1cccc2ccccc12)C(=O)OCC(=O)NC12CC3CC(CC(C3)C1)C2. The zero-order valence-corrected chi connectivity index (χ0v) is 20.7. The standard InChI is InChI=1S/C29H36N2O4/c1-18(2)27(30-25(32)13-23-8-5-7-22-6-3-4-9-24(22)23)28(34)35-17-26(33)31-29-14-19-10-20(15-29)12-21(11-19)16-29/h3-9,18-21,27H,10-17H2,1-2H3,(H,30,32)(H,31,33)/t19?,20?,21?,27-,29?/m1/s1. The summed E-state index contributed by atoms with van der Waals surface area (Å²) in [4.78, 5) is 38.4. The summed E-state index contributed by atoms with van der Waals surface area (Å²) < 4.78 is 5.40. The Kier molecular flexibility index (Phi) is 6.56. The third-order valence-electron chi connectivity index (χ3n) is 8.26. The summed E-state index contributed by atoms with van der Waals surface area (Å²) >= 11 is 0. The maximum Gasteiger partial charge on any atom is 0.329 e. The number of carbonyl (C=O) groups excluding carboxylic acids is 3. The highest BCUT2D eigenvalue weighted by Crippen LogP contribution is 2.55. The van der Waals surface area contributed by atoms with Crippen LogP contribution in [-0.4, -0.2) is 36.0 Å². The monoisotopic (exact) mass is 476 g/mol. The van der Waals surface area contributed by atoms with Crippen molar-refractivity contribution in [2.45, 2.75) is 70.4 Å². The first-order valence-corrected chi connectivity index (χ1v) is 13.0.